The van der Waals surface area contributed by atoms with E-state index in [0.717, 1.165) is 11.1 Å². The number of esters is 1. The Morgan fingerprint density at radius 1 is 0.817 bits per heavy atom. The number of anilines is 2. The van der Waals surface area contributed by atoms with Gasteiger partial charge in [0.2, 0.25) is 17.8 Å². The van der Waals surface area contributed by atoms with E-state index < -0.39 is 47.4 Å². The third kappa shape index (κ3) is 6.72. The molecular weight excluding hydrogens is 761 g/mol. The fourth-order valence-electron chi connectivity index (χ4n) is 9.59. The van der Waals surface area contributed by atoms with Crippen molar-refractivity contribution in [3.8, 4) is 17.6 Å². The van der Waals surface area contributed by atoms with Crippen molar-refractivity contribution in [2.45, 2.75) is 36.1 Å². The van der Waals surface area contributed by atoms with Crippen LogP contribution >= 0.6 is 0 Å². The third-order valence-corrected chi connectivity index (χ3v) is 12.0. The van der Waals surface area contributed by atoms with Gasteiger partial charge in [0.05, 0.1) is 31.2 Å². The van der Waals surface area contributed by atoms with Gasteiger partial charge in [-0.1, -0.05) is 84.6 Å². The van der Waals surface area contributed by atoms with Crippen LogP contribution < -0.4 is 15.0 Å². The zero-order chi connectivity index (χ0) is 41.2. The number of piperazine rings is 1. The number of morpholine rings is 1. The van der Waals surface area contributed by atoms with Gasteiger partial charge in [0, 0.05) is 56.2 Å². The number of fused-ring (bicyclic) bond motifs is 3. The number of cyclic esters (lactones) is 1. The molecule has 4 aromatic carbocycles. The lowest BCUT2D eigenvalue weighted by molar-refractivity contribution is -0.179. The predicted octanol–water partition coefficient (Wildman–Crippen LogP) is 4.20. The van der Waals surface area contributed by atoms with E-state index in [1.807, 2.05) is 89.8 Å². The lowest BCUT2D eigenvalue weighted by Crippen LogP contribution is -2.58. The lowest BCUT2D eigenvalue weighted by Gasteiger charge is -2.46. The number of nitrogens with one attached hydrogen (secondary N) is 1. The first-order valence-electron chi connectivity index (χ1n) is 20.2. The number of carbonyl (C=O) groups is 3. The number of benzene rings is 4. The van der Waals surface area contributed by atoms with Crippen LogP contribution in [0.3, 0.4) is 0 Å². The van der Waals surface area contributed by atoms with Crippen LogP contribution in [-0.4, -0.2) is 99.8 Å². The molecule has 304 valence electrons. The van der Waals surface area contributed by atoms with Gasteiger partial charge in [0.1, 0.15) is 29.9 Å². The minimum absolute atomic E-state index is 0.0426. The van der Waals surface area contributed by atoms with E-state index in [4.69, 9.17) is 9.47 Å². The van der Waals surface area contributed by atoms with Crippen LogP contribution in [0.4, 0.5) is 11.6 Å². The van der Waals surface area contributed by atoms with E-state index in [1.54, 1.807) is 41.6 Å². The van der Waals surface area contributed by atoms with Crippen molar-refractivity contribution < 1.29 is 34.1 Å². The standard InChI is InChI=1S/C47H44N6O7/c54-26-8-7-11-31-18-19-37-36(29-31)47(45(58)50-37)38(43(56)51-22-24-52(25-23-51)46-48-20-10-21-49-46)40-44(57)60-41(33-14-5-2-6-15-33)39(32-12-3-1-4-13-32)53(40)42(47)34-16-9-17-35(30-34)59-28-27-55/h1-6,9-10,12-21,29-30,38-42,54-55H,8,22-28H2,(H,50,58)/t38-,39-,40-,41+,42+,47-/m0/s1. The molecule has 0 radical (unpaired) electrons. The molecule has 5 aromatic rings. The van der Waals surface area contributed by atoms with E-state index in [0.29, 0.717) is 60.3 Å². The molecule has 1 spiro atoms. The summed E-state index contributed by atoms with van der Waals surface area (Å²) < 4.78 is 12.5. The molecule has 3 saturated heterocycles. The Morgan fingerprint density at radius 3 is 2.25 bits per heavy atom. The van der Waals surface area contributed by atoms with Crippen molar-refractivity contribution in [2.24, 2.45) is 5.92 Å². The fourth-order valence-corrected chi connectivity index (χ4v) is 9.59. The number of amides is 2. The molecule has 60 heavy (non-hydrogen) atoms. The first kappa shape index (κ1) is 38.9. The highest BCUT2D eigenvalue weighted by molar-refractivity contribution is 6.12. The van der Waals surface area contributed by atoms with Crippen LogP contribution in [0.15, 0.2) is 122 Å². The Bertz CT molecular complexity index is 2440. The number of aliphatic hydroxyl groups excluding tert-OH is 2. The van der Waals surface area contributed by atoms with Gasteiger partial charge < -0.3 is 34.8 Å². The van der Waals surface area contributed by atoms with Crippen LogP contribution in [0.1, 0.15) is 52.4 Å². The van der Waals surface area contributed by atoms with Gasteiger partial charge >= 0.3 is 5.97 Å². The van der Waals surface area contributed by atoms with Crippen molar-refractivity contribution in [1.82, 2.24) is 19.8 Å². The zero-order valence-electron chi connectivity index (χ0n) is 32.8. The van der Waals surface area contributed by atoms with Crippen molar-refractivity contribution in [3.63, 3.8) is 0 Å². The minimum atomic E-state index is -1.70. The second kappa shape index (κ2) is 16.6. The second-order valence-electron chi connectivity index (χ2n) is 15.3. The number of aromatic nitrogens is 2. The maximum Gasteiger partial charge on any atom is 0.324 e. The van der Waals surface area contributed by atoms with Crippen LogP contribution in [0.25, 0.3) is 0 Å². The van der Waals surface area contributed by atoms with Gasteiger partial charge in [-0.15, -0.1) is 0 Å². The maximum atomic E-state index is 15.8. The molecule has 13 nitrogen and oxygen atoms in total. The van der Waals surface area contributed by atoms with E-state index in [1.165, 1.54) is 0 Å². The van der Waals surface area contributed by atoms with E-state index >= 15 is 14.4 Å². The van der Waals surface area contributed by atoms with Crippen LogP contribution in [0, 0.1) is 17.8 Å². The Morgan fingerprint density at radius 2 is 1.53 bits per heavy atom. The largest absolute Gasteiger partial charge is 0.491 e. The summed E-state index contributed by atoms with van der Waals surface area (Å²) in [5, 5.41) is 22.4. The highest BCUT2D eigenvalue weighted by Gasteiger charge is 2.74. The quantitative estimate of drug-likeness (QED) is 0.145. The topological polar surface area (TPSA) is 158 Å². The van der Waals surface area contributed by atoms with Crippen LogP contribution in [0.2, 0.25) is 0 Å². The number of hydrogen-bond donors (Lipinski definition) is 3. The van der Waals surface area contributed by atoms with E-state index in [-0.39, 0.29) is 32.1 Å². The molecule has 3 N–H and O–H groups in total. The molecule has 0 saturated carbocycles. The number of hydrogen-bond acceptors (Lipinski definition) is 11. The molecule has 0 aliphatic carbocycles. The normalized spacial score (nSPS) is 24.5. The van der Waals surface area contributed by atoms with Crippen molar-refractivity contribution >= 4 is 29.4 Å². The Hall–Kier alpha value is -6.59. The number of carbonyl (C=O) groups excluding carboxylic acids is 3. The fraction of sp³-hybridized carbons (Fsp3) is 0.298. The minimum Gasteiger partial charge on any atom is -0.491 e. The summed E-state index contributed by atoms with van der Waals surface area (Å²) in [5.74, 6) is 4.50. The number of nitrogens with zero attached hydrogens (tertiary/aromatic N) is 5. The SMILES string of the molecule is O=C1O[C@H](c2ccccc2)[C@H](c2ccccc2)N2[C@H]1[C@@H](C(=O)N1CCN(c3ncccn3)CC1)[C@]1(C(=O)Nc3ccc(C#CCCO)cc31)[C@H]2c1cccc(OCCO)c1. The number of aliphatic hydroxyl groups is 2. The second-order valence-corrected chi connectivity index (χ2v) is 15.3. The van der Waals surface area contributed by atoms with Gasteiger partial charge in [0.25, 0.3) is 0 Å². The van der Waals surface area contributed by atoms with Gasteiger partial charge in [-0.3, -0.25) is 19.3 Å². The molecule has 2 amide bonds. The molecule has 0 bridgehead atoms. The van der Waals surface area contributed by atoms with Crippen LogP contribution in [-0.2, 0) is 24.5 Å². The highest BCUT2D eigenvalue weighted by Crippen LogP contribution is 2.65. The molecule has 9 rings (SSSR count). The highest BCUT2D eigenvalue weighted by atomic mass is 16.6. The maximum absolute atomic E-state index is 15.8. The summed E-state index contributed by atoms with van der Waals surface area (Å²) in [6.07, 6.45) is 2.80. The van der Waals surface area contributed by atoms with Gasteiger partial charge in [-0.05, 0) is 58.7 Å². The summed E-state index contributed by atoms with van der Waals surface area (Å²) >= 11 is 0. The zero-order valence-corrected chi connectivity index (χ0v) is 32.8. The number of rotatable bonds is 9. The molecule has 4 aliphatic heterocycles. The Kier molecular flexibility index (Phi) is 10.7. The third-order valence-electron chi connectivity index (χ3n) is 12.0. The number of ether oxygens (including phenoxy) is 2. The summed E-state index contributed by atoms with van der Waals surface area (Å²) in [5.41, 5.74) is 2.18. The summed E-state index contributed by atoms with van der Waals surface area (Å²) in [6.45, 7) is 1.22. The first-order chi connectivity index (χ1) is 29.4. The van der Waals surface area contributed by atoms with E-state index in [2.05, 4.69) is 32.0 Å². The van der Waals surface area contributed by atoms with Gasteiger partial charge in [-0.2, -0.15) is 0 Å². The molecule has 6 atom stereocenters. The molecule has 5 heterocycles. The average Bonchev–Trinajstić information content (AvgIpc) is 3.77. The predicted molar refractivity (Wildman–Crippen MR) is 221 cm³/mol. The molecule has 0 unspecified atom stereocenters. The monoisotopic (exact) mass is 804 g/mol. The average molecular weight is 805 g/mol. The lowest BCUT2D eigenvalue weighted by atomic mass is 9.65. The van der Waals surface area contributed by atoms with Crippen molar-refractivity contribution in [1.29, 1.82) is 0 Å². The van der Waals surface area contributed by atoms with Gasteiger partial charge in [0.15, 0.2) is 0 Å². The smallest absolute Gasteiger partial charge is 0.324 e. The summed E-state index contributed by atoms with van der Waals surface area (Å²) in [6, 6.07) is 31.0. The molecule has 4 aliphatic rings. The van der Waals surface area contributed by atoms with Crippen molar-refractivity contribution in [2.75, 3.05) is 56.2 Å². The van der Waals surface area contributed by atoms with Crippen molar-refractivity contribution in [3.05, 3.63) is 149 Å². The molecule has 3 fully saturated rings. The van der Waals surface area contributed by atoms with Crippen LogP contribution in [0.5, 0.6) is 5.75 Å². The molecule has 13 heteroatoms. The van der Waals surface area contributed by atoms with E-state index in [9.17, 15) is 10.2 Å². The summed E-state index contributed by atoms with van der Waals surface area (Å²) in [4.78, 5) is 61.1. The summed E-state index contributed by atoms with van der Waals surface area (Å²) in [7, 11) is 0. The Balaban J connectivity index is 1.28. The molecule has 1 aromatic heterocycles. The molecular formula is C47H44N6O7. The Labute approximate surface area is 347 Å². The first-order valence-corrected chi connectivity index (χ1v) is 20.2. The van der Waals surface area contributed by atoms with Gasteiger partial charge in [-0.25, -0.2) is 9.97 Å².